The molecule has 4 N–H and O–H groups in total. The number of aliphatic carboxylic acids is 1. The molecular weight excluding hydrogens is 172 g/mol. The van der Waals surface area contributed by atoms with Crippen LogP contribution in [0.4, 0.5) is 0 Å². The van der Waals surface area contributed by atoms with Crippen LogP contribution in [-0.4, -0.2) is 36.5 Å². The molecule has 0 aliphatic carbocycles. The lowest BCUT2D eigenvalue weighted by atomic mass is 10.2. The van der Waals surface area contributed by atoms with E-state index in [1.165, 1.54) is 0 Å². The minimum absolute atomic E-state index is 0.0147. The van der Waals surface area contributed by atoms with Gasteiger partial charge in [-0.05, 0) is 19.3 Å². The van der Waals surface area contributed by atoms with E-state index in [-0.39, 0.29) is 12.8 Å². The predicted octanol–water partition coefficient (Wildman–Crippen LogP) is -0.486. The Morgan fingerprint density at radius 3 is 3.00 bits per heavy atom. The van der Waals surface area contributed by atoms with Gasteiger partial charge in [0, 0.05) is 13.2 Å². The third-order valence-electron chi connectivity index (χ3n) is 2.06. The molecule has 2 atom stereocenters. The molecule has 1 saturated heterocycles. The molecule has 5 nitrogen and oxygen atoms in total. The standard InChI is InChI=1S/C8H16N2O3/c9-6(8(11)12)5-10-7-3-1-2-4-13-7/h6-7,10H,1-5,9H2,(H,11,12)/t6-,7?/m0/s1. The molecule has 0 amide bonds. The molecule has 5 heteroatoms. The third kappa shape index (κ3) is 3.71. The van der Waals surface area contributed by atoms with Gasteiger partial charge >= 0.3 is 5.97 Å². The van der Waals surface area contributed by atoms with Gasteiger partial charge < -0.3 is 15.6 Å². The van der Waals surface area contributed by atoms with E-state index in [2.05, 4.69) is 5.32 Å². The molecule has 1 rings (SSSR count). The van der Waals surface area contributed by atoms with Crippen LogP contribution in [0.3, 0.4) is 0 Å². The van der Waals surface area contributed by atoms with Crippen LogP contribution >= 0.6 is 0 Å². The van der Waals surface area contributed by atoms with E-state index in [1.54, 1.807) is 0 Å². The SMILES string of the molecule is N[C@@H](CNC1CCCCO1)C(=O)O. The number of carboxylic acid groups (broad SMARTS) is 1. The van der Waals surface area contributed by atoms with Crippen molar-refractivity contribution >= 4 is 5.97 Å². The number of hydrogen-bond donors (Lipinski definition) is 3. The first-order valence-electron chi connectivity index (χ1n) is 4.53. The van der Waals surface area contributed by atoms with Crippen LogP contribution < -0.4 is 11.1 Å². The summed E-state index contributed by atoms with van der Waals surface area (Å²) in [4.78, 5) is 10.4. The molecule has 0 aromatic rings. The van der Waals surface area contributed by atoms with E-state index < -0.39 is 12.0 Å². The number of nitrogens with two attached hydrogens (primary N) is 1. The lowest BCUT2D eigenvalue weighted by Gasteiger charge is -2.24. The van der Waals surface area contributed by atoms with Gasteiger partial charge in [-0.1, -0.05) is 0 Å². The summed E-state index contributed by atoms with van der Waals surface area (Å²) in [5.41, 5.74) is 5.32. The fourth-order valence-electron chi connectivity index (χ4n) is 1.25. The topological polar surface area (TPSA) is 84.6 Å². The number of hydrogen-bond acceptors (Lipinski definition) is 4. The summed E-state index contributed by atoms with van der Waals surface area (Å²) >= 11 is 0. The smallest absolute Gasteiger partial charge is 0.321 e. The van der Waals surface area contributed by atoms with E-state index in [4.69, 9.17) is 15.6 Å². The first kappa shape index (κ1) is 10.4. The van der Waals surface area contributed by atoms with Crippen molar-refractivity contribution in [1.29, 1.82) is 0 Å². The Hall–Kier alpha value is -0.650. The zero-order chi connectivity index (χ0) is 9.68. The van der Waals surface area contributed by atoms with Crippen molar-refractivity contribution < 1.29 is 14.6 Å². The van der Waals surface area contributed by atoms with E-state index in [9.17, 15) is 4.79 Å². The molecule has 0 aromatic heterocycles. The Kier molecular flexibility index (Phi) is 4.14. The van der Waals surface area contributed by atoms with Gasteiger partial charge in [-0.25, -0.2) is 0 Å². The highest BCUT2D eigenvalue weighted by Gasteiger charge is 2.16. The Morgan fingerprint density at radius 2 is 2.46 bits per heavy atom. The third-order valence-corrected chi connectivity index (χ3v) is 2.06. The van der Waals surface area contributed by atoms with Gasteiger partial charge in [-0.15, -0.1) is 0 Å². The van der Waals surface area contributed by atoms with Gasteiger partial charge in [0.1, 0.15) is 12.3 Å². The molecule has 1 heterocycles. The Bertz CT molecular complexity index is 169. The summed E-state index contributed by atoms with van der Waals surface area (Å²) in [6, 6.07) is -0.842. The zero-order valence-corrected chi connectivity index (χ0v) is 7.53. The first-order chi connectivity index (χ1) is 6.20. The largest absolute Gasteiger partial charge is 0.480 e. The number of carboxylic acids is 1. The van der Waals surface area contributed by atoms with E-state index in [0.29, 0.717) is 0 Å². The molecule has 0 radical (unpaired) electrons. The molecule has 1 fully saturated rings. The monoisotopic (exact) mass is 188 g/mol. The van der Waals surface area contributed by atoms with Crippen LogP contribution in [0.25, 0.3) is 0 Å². The minimum Gasteiger partial charge on any atom is -0.480 e. The fraction of sp³-hybridized carbons (Fsp3) is 0.875. The number of rotatable bonds is 4. The van der Waals surface area contributed by atoms with Crippen molar-refractivity contribution in [3.05, 3.63) is 0 Å². The van der Waals surface area contributed by atoms with Crippen LogP contribution in [0.1, 0.15) is 19.3 Å². The molecular formula is C8H16N2O3. The van der Waals surface area contributed by atoms with Crippen molar-refractivity contribution in [2.75, 3.05) is 13.2 Å². The van der Waals surface area contributed by atoms with Gasteiger partial charge in [0.25, 0.3) is 0 Å². The van der Waals surface area contributed by atoms with Gasteiger partial charge in [0.05, 0.1) is 0 Å². The van der Waals surface area contributed by atoms with Crippen molar-refractivity contribution in [1.82, 2.24) is 5.32 Å². The van der Waals surface area contributed by atoms with Gasteiger partial charge in [-0.3, -0.25) is 10.1 Å². The highest BCUT2D eigenvalue weighted by Crippen LogP contribution is 2.09. The summed E-state index contributed by atoms with van der Waals surface area (Å²) in [5.74, 6) is -0.983. The van der Waals surface area contributed by atoms with Crippen LogP contribution in [0.5, 0.6) is 0 Å². The average Bonchev–Trinajstić information content (AvgIpc) is 2.15. The maximum absolute atomic E-state index is 10.4. The summed E-state index contributed by atoms with van der Waals surface area (Å²) in [6.45, 7) is 1.01. The maximum atomic E-state index is 10.4. The van der Waals surface area contributed by atoms with Crippen LogP contribution in [-0.2, 0) is 9.53 Å². The van der Waals surface area contributed by atoms with Gasteiger partial charge in [-0.2, -0.15) is 0 Å². The van der Waals surface area contributed by atoms with Crippen LogP contribution in [0, 0.1) is 0 Å². The molecule has 0 saturated carbocycles. The normalized spacial score (nSPS) is 25.5. The van der Waals surface area contributed by atoms with Gasteiger partial charge in [0.2, 0.25) is 0 Å². The second kappa shape index (κ2) is 5.16. The predicted molar refractivity (Wildman–Crippen MR) is 47.2 cm³/mol. The van der Waals surface area contributed by atoms with Crippen molar-refractivity contribution in [3.63, 3.8) is 0 Å². The zero-order valence-electron chi connectivity index (χ0n) is 7.53. The quantitative estimate of drug-likeness (QED) is 0.554. The summed E-state index contributed by atoms with van der Waals surface area (Å²) in [7, 11) is 0. The number of carbonyl (C=O) groups is 1. The Balaban J connectivity index is 2.13. The molecule has 0 bridgehead atoms. The van der Waals surface area contributed by atoms with Crippen LogP contribution in [0.2, 0.25) is 0 Å². The summed E-state index contributed by atoms with van der Waals surface area (Å²) < 4.78 is 5.35. The molecule has 0 aromatic carbocycles. The lowest BCUT2D eigenvalue weighted by Crippen LogP contribution is -2.45. The number of ether oxygens (including phenoxy) is 1. The van der Waals surface area contributed by atoms with Crippen LogP contribution in [0.15, 0.2) is 0 Å². The molecule has 1 aliphatic heterocycles. The fourth-order valence-corrected chi connectivity index (χ4v) is 1.25. The second-order valence-corrected chi connectivity index (χ2v) is 3.21. The molecule has 0 spiro atoms. The average molecular weight is 188 g/mol. The molecule has 1 aliphatic rings. The second-order valence-electron chi connectivity index (χ2n) is 3.21. The minimum atomic E-state index is -0.983. The highest BCUT2D eigenvalue weighted by molar-refractivity contribution is 5.73. The maximum Gasteiger partial charge on any atom is 0.321 e. The molecule has 1 unspecified atom stereocenters. The highest BCUT2D eigenvalue weighted by atomic mass is 16.5. The molecule has 76 valence electrons. The molecule has 13 heavy (non-hydrogen) atoms. The van der Waals surface area contributed by atoms with Gasteiger partial charge in [0.15, 0.2) is 0 Å². The van der Waals surface area contributed by atoms with Crippen molar-refractivity contribution in [3.8, 4) is 0 Å². The Morgan fingerprint density at radius 1 is 1.69 bits per heavy atom. The van der Waals surface area contributed by atoms with E-state index in [0.717, 1.165) is 25.9 Å². The summed E-state index contributed by atoms with van der Waals surface area (Å²) in [5, 5.41) is 11.5. The summed E-state index contributed by atoms with van der Waals surface area (Å²) in [6.07, 6.45) is 3.13. The Labute approximate surface area is 77.2 Å². The number of nitrogens with one attached hydrogen (secondary N) is 1. The van der Waals surface area contributed by atoms with Crippen molar-refractivity contribution in [2.45, 2.75) is 31.5 Å². The lowest BCUT2D eigenvalue weighted by molar-refractivity contribution is -0.138. The van der Waals surface area contributed by atoms with Crippen molar-refractivity contribution in [2.24, 2.45) is 5.73 Å². The van der Waals surface area contributed by atoms with E-state index in [1.807, 2.05) is 0 Å². The van der Waals surface area contributed by atoms with E-state index >= 15 is 0 Å². The first-order valence-corrected chi connectivity index (χ1v) is 4.53.